The van der Waals surface area contributed by atoms with Crippen molar-refractivity contribution in [3.05, 3.63) is 42.6 Å². The van der Waals surface area contributed by atoms with E-state index < -0.39 is 0 Å². The predicted octanol–water partition coefficient (Wildman–Crippen LogP) is 3.98. The smallest absolute Gasteiger partial charge is 0.142 e. The molecule has 0 saturated carbocycles. The fourth-order valence-electron chi connectivity index (χ4n) is 3.08. The third-order valence-electron chi connectivity index (χ3n) is 4.41. The third-order valence-corrected chi connectivity index (χ3v) is 4.41. The molecule has 1 aromatic carbocycles. The van der Waals surface area contributed by atoms with Crippen LogP contribution in [0.2, 0.25) is 0 Å². The van der Waals surface area contributed by atoms with Crippen LogP contribution in [0.15, 0.2) is 42.6 Å². The zero-order valence-corrected chi connectivity index (χ0v) is 15.3. The molecule has 0 aliphatic rings. The molecule has 2 heterocycles. The Morgan fingerprint density at radius 3 is 2.52 bits per heavy atom. The van der Waals surface area contributed by atoms with E-state index in [4.69, 9.17) is 9.72 Å². The van der Waals surface area contributed by atoms with Gasteiger partial charge in [-0.05, 0) is 45.0 Å². The Labute approximate surface area is 149 Å². The summed E-state index contributed by atoms with van der Waals surface area (Å²) in [6.45, 7) is 10.4. The SMILES string of the molecule is CCOCCn1c(-c2ccc(N(CC)CC)nc2)nc2ccccc21. The Kier molecular flexibility index (Phi) is 5.66. The second-order valence-corrected chi connectivity index (χ2v) is 5.85. The standard InChI is InChI=1S/C20H26N4O/c1-4-23(5-2)19-12-11-16(15-21-19)20-22-17-9-7-8-10-18(17)24(20)13-14-25-6-3/h7-12,15H,4-6,13-14H2,1-3H3. The van der Waals surface area contributed by atoms with Gasteiger partial charge < -0.3 is 14.2 Å². The largest absolute Gasteiger partial charge is 0.380 e. The first-order chi connectivity index (χ1) is 12.3. The van der Waals surface area contributed by atoms with Crippen molar-refractivity contribution in [2.24, 2.45) is 0 Å². The molecule has 3 rings (SSSR count). The molecule has 0 aliphatic heterocycles. The molecular weight excluding hydrogens is 312 g/mol. The molecule has 0 atom stereocenters. The maximum Gasteiger partial charge on any atom is 0.142 e. The van der Waals surface area contributed by atoms with Crippen molar-refractivity contribution in [2.75, 3.05) is 31.2 Å². The molecule has 2 aromatic heterocycles. The summed E-state index contributed by atoms with van der Waals surface area (Å²) in [5, 5.41) is 0. The van der Waals surface area contributed by atoms with Gasteiger partial charge in [-0.25, -0.2) is 9.97 Å². The highest BCUT2D eigenvalue weighted by molar-refractivity contribution is 5.80. The van der Waals surface area contributed by atoms with Crippen LogP contribution in [0.5, 0.6) is 0 Å². The van der Waals surface area contributed by atoms with Gasteiger partial charge in [-0.1, -0.05) is 12.1 Å². The van der Waals surface area contributed by atoms with Gasteiger partial charge in [0, 0.05) is 38.0 Å². The van der Waals surface area contributed by atoms with E-state index in [1.165, 1.54) is 0 Å². The van der Waals surface area contributed by atoms with Gasteiger partial charge >= 0.3 is 0 Å². The number of ether oxygens (including phenoxy) is 1. The molecule has 0 saturated heterocycles. The number of anilines is 1. The van der Waals surface area contributed by atoms with Crippen LogP contribution in [0.25, 0.3) is 22.4 Å². The van der Waals surface area contributed by atoms with Crippen LogP contribution >= 0.6 is 0 Å². The summed E-state index contributed by atoms with van der Waals surface area (Å²) in [6, 6.07) is 12.4. The van der Waals surface area contributed by atoms with Crippen LogP contribution in [-0.4, -0.2) is 40.8 Å². The predicted molar refractivity (Wildman–Crippen MR) is 103 cm³/mol. The van der Waals surface area contributed by atoms with Crippen LogP contribution in [0, 0.1) is 0 Å². The number of hydrogen-bond acceptors (Lipinski definition) is 4. The molecule has 25 heavy (non-hydrogen) atoms. The van der Waals surface area contributed by atoms with Crippen molar-refractivity contribution in [2.45, 2.75) is 27.3 Å². The van der Waals surface area contributed by atoms with E-state index >= 15 is 0 Å². The lowest BCUT2D eigenvalue weighted by atomic mass is 10.2. The Bertz CT molecular complexity index is 806. The molecule has 0 N–H and O–H groups in total. The summed E-state index contributed by atoms with van der Waals surface area (Å²) in [6.07, 6.45) is 1.92. The zero-order chi connectivity index (χ0) is 17.6. The third kappa shape index (κ3) is 3.66. The highest BCUT2D eigenvalue weighted by atomic mass is 16.5. The van der Waals surface area contributed by atoms with Crippen LogP contribution in [0.1, 0.15) is 20.8 Å². The van der Waals surface area contributed by atoms with E-state index in [0.29, 0.717) is 6.61 Å². The van der Waals surface area contributed by atoms with Gasteiger partial charge in [-0.15, -0.1) is 0 Å². The van der Waals surface area contributed by atoms with E-state index in [0.717, 1.165) is 54.5 Å². The second-order valence-electron chi connectivity index (χ2n) is 5.85. The number of para-hydroxylation sites is 2. The zero-order valence-electron chi connectivity index (χ0n) is 15.3. The van der Waals surface area contributed by atoms with Gasteiger partial charge in [0.25, 0.3) is 0 Å². The molecule has 3 aromatic rings. The highest BCUT2D eigenvalue weighted by Gasteiger charge is 2.13. The molecule has 0 bridgehead atoms. The highest BCUT2D eigenvalue weighted by Crippen LogP contribution is 2.25. The van der Waals surface area contributed by atoms with Crippen molar-refractivity contribution < 1.29 is 4.74 Å². The number of benzene rings is 1. The van der Waals surface area contributed by atoms with Gasteiger partial charge in [0.1, 0.15) is 11.6 Å². The van der Waals surface area contributed by atoms with Gasteiger partial charge in [0.05, 0.1) is 17.6 Å². The molecule has 0 radical (unpaired) electrons. The maximum atomic E-state index is 5.56. The summed E-state index contributed by atoms with van der Waals surface area (Å²) >= 11 is 0. The number of pyridine rings is 1. The topological polar surface area (TPSA) is 43.2 Å². The quantitative estimate of drug-likeness (QED) is 0.583. The molecular formula is C20H26N4O. The number of aromatic nitrogens is 3. The lowest BCUT2D eigenvalue weighted by Crippen LogP contribution is -2.22. The summed E-state index contributed by atoms with van der Waals surface area (Å²) in [5.41, 5.74) is 3.16. The molecule has 0 unspecified atom stereocenters. The van der Waals surface area contributed by atoms with Gasteiger partial charge in [0.2, 0.25) is 0 Å². The average molecular weight is 338 g/mol. The monoisotopic (exact) mass is 338 g/mol. The average Bonchev–Trinajstić information content (AvgIpc) is 3.02. The molecule has 5 nitrogen and oxygen atoms in total. The van der Waals surface area contributed by atoms with Gasteiger partial charge in [-0.3, -0.25) is 0 Å². The molecule has 0 spiro atoms. The first kappa shape index (κ1) is 17.4. The van der Waals surface area contributed by atoms with Crippen LogP contribution < -0.4 is 4.90 Å². The second kappa shape index (κ2) is 8.12. The number of imidazole rings is 1. The van der Waals surface area contributed by atoms with Gasteiger partial charge in [-0.2, -0.15) is 0 Å². The minimum Gasteiger partial charge on any atom is -0.380 e. The number of hydrogen-bond donors (Lipinski definition) is 0. The van der Waals surface area contributed by atoms with Gasteiger partial charge in [0.15, 0.2) is 0 Å². The maximum absolute atomic E-state index is 5.56. The summed E-state index contributed by atoms with van der Waals surface area (Å²) < 4.78 is 7.78. The van der Waals surface area contributed by atoms with E-state index in [1.807, 2.05) is 31.3 Å². The summed E-state index contributed by atoms with van der Waals surface area (Å²) in [7, 11) is 0. The lowest BCUT2D eigenvalue weighted by Gasteiger charge is -2.19. The van der Waals surface area contributed by atoms with Crippen LogP contribution in [-0.2, 0) is 11.3 Å². The molecule has 0 amide bonds. The molecule has 0 fully saturated rings. The molecule has 5 heteroatoms. The fraction of sp³-hybridized carbons (Fsp3) is 0.400. The van der Waals surface area contributed by atoms with Crippen molar-refractivity contribution in [1.29, 1.82) is 0 Å². The minimum atomic E-state index is 0.675. The lowest BCUT2D eigenvalue weighted by molar-refractivity contribution is 0.140. The van der Waals surface area contributed by atoms with Crippen molar-refractivity contribution in [3.63, 3.8) is 0 Å². The Balaban J connectivity index is 1.98. The van der Waals surface area contributed by atoms with Crippen molar-refractivity contribution >= 4 is 16.9 Å². The van der Waals surface area contributed by atoms with Crippen LogP contribution in [0.3, 0.4) is 0 Å². The van der Waals surface area contributed by atoms with Crippen molar-refractivity contribution in [3.8, 4) is 11.4 Å². The minimum absolute atomic E-state index is 0.675. The summed E-state index contributed by atoms with van der Waals surface area (Å²) in [5.74, 6) is 1.95. The molecule has 0 aliphatic carbocycles. The Hall–Kier alpha value is -2.40. The summed E-state index contributed by atoms with van der Waals surface area (Å²) in [4.78, 5) is 11.7. The molecule has 132 valence electrons. The number of fused-ring (bicyclic) bond motifs is 1. The number of rotatable bonds is 8. The van der Waals surface area contributed by atoms with Crippen LogP contribution in [0.4, 0.5) is 5.82 Å². The van der Waals surface area contributed by atoms with E-state index in [-0.39, 0.29) is 0 Å². The number of nitrogens with zero attached hydrogens (tertiary/aromatic N) is 4. The van der Waals surface area contributed by atoms with E-state index in [9.17, 15) is 0 Å². The Morgan fingerprint density at radius 2 is 1.84 bits per heavy atom. The Morgan fingerprint density at radius 1 is 1.04 bits per heavy atom. The van der Waals surface area contributed by atoms with E-state index in [2.05, 4.69) is 46.5 Å². The normalized spacial score (nSPS) is 11.2. The first-order valence-corrected chi connectivity index (χ1v) is 9.02. The van der Waals surface area contributed by atoms with E-state index in [1.54, 1.807) is 0 Å². The fourth-order valence-corrected chi connectivity index (χ4v) is 3.08. The first-order valence-electron chi connectivity index (χ1n) is 9.02. The van der Waals surface area contributed by atoms with Crippen molar-refractivity contribution in [1.82, 2.24) is 14.5 Å².